The molecule has 1 saturated carbocycles. The summed E-state index contributed by atoms with van der Waals surface area (Å²) in [7, 11) is 1.41. The molecule has 22 heavy (non-hydrogen) atoms. The molecule has 3 N–H and O–H groups in total. The molecule has 5 nitrogen and oxygen atoms in total. The van der Waals surface area contributed by atoms with Gasteiger partial charge in [-0.15, -0.1) is 0 Å². The van der Waals surface area contributed by atoms with E-state index in [2.05, 4.69) is 10.6 Å². The van der Waals surface area contributed by atoms with Gasteiger partial charge in [0.25, 0.3) is 0 Å². The highest BCUT2D eigenvalue weighted by Crippen LogP contribution is 2.23. The van der Waals surface area contributed by atoms with Gasteiger partial charge in [0, 0.05) is 25.1 Å². The van der Waals surface area contributed by atoms with Crippen molar-refractivity contribution in [2.75, 3.05) is 13.7 Å². The SMILES string of the molecule is COc1ccc(CNC(=O)NC2CCCCC2CO)cc1F. The molecule has 0 aromatic heterocycles. The molecule has 0 aliphatic heterocycles. The highest BCUT2D eigenvalue weighted by molar-refractivity contribution is 5.74. The lowest BCUT2D eigenvalue weighted by Crippen LogP contribution is -2.47. The number of carbonyl (C=O) groups is 1. The molecule has 1 aromatic carbocycles. The van der Waals surface area contributed by atoms with Crippen molar-refractivity contribution in [2.24, 2.45) is 5.92 Å². The number of halogens is 1. The Morgan fingerprint density at radius 2 is 2.18 bits per heavy atom. The highest BCUT2D eigenvalue weighted by Gasteiger charge is 2.25. The maximum Gasteiger partial charge on any atom is 0.315 e. The van der Waals surface area contributed by atoms with Crippen LogP contribution < -0.4 is 15.4 Å². The minimum absolute atomic E-state index is 0.00588. The molecule has 6 heteroatoms. The van der Waals surface area contributed by atoms with Crippen LogP contribution in [0.1, 0.15) is 31.2 Å². The van der Waals surface area contributed by atoms with Crippen LogP contribution in [0.5, 0.6) is 5.75 Å². The molecule has 2 amide bonds. The minimum atomic E-state index is -0.449. The molecule has 0 saturated heterocycles. The predicted molar refractivity (Wildman–Crippen MR) is 81.2 cm³/mol. The quantitative estimate of drug-likeness (QED) is 0.781. The van der Waals surface area contributed by atoms with Crippen molar-refractivity contribution in [1.29, 1.82) is 0 Å². The van der Waals surface area contributed by atoms with Gasteiger partial charge in [0.05, 0.1) is 7.11 Å². The number of benzene rings is 1. The first-order chi connectivity index (χ1) is 10.6. The molecule has 0 radical (unpaired) electrons. The largest absolute Gasteiger partial charge is 0.494 e. The number of methoxy groups -OCH3 is 1. The third kappa shape index (κ3) is 4.34. The van der Waals surface area contributed by atoms with Crippen molar-refractivity contribution in [3.05, 3.63) is 29.6 Å². The van der Waals surface area contributed by atoms with Gasteiger partial charge in [-0.05, 0) is 30.5 Å². The van der Waals surface area contributed by atoms with E-state index in [0.29, 0.717) is 5.56 Å². The third-order valence-corrected chi connectivity index (χ3v) is 4.13. The normalized spacial score (nSPS) is 21.2. The van der Waals surface area contributed by atoms with Crippen LogP contribution in [0.15, 0.2) is 18.2 Å². The summed E-state index contributed by atoms with van der Waals surface area (Å²) < 4.78 is 18.4. The summed E-state index contributed by atoms with van der Waals surface area (Å²) in [6, 6.07) is 4.30. The fourth-order valence-electron chi connectivity index (χ4n) is 2.84. The Balaban J connectivity index is 1.83. The van der Waals surface area contributed by atoms with Gasteiger partial charge in [-0.1, -0.05) is 18.9 Å². The van der Waals surface area contributed by atoms with Gasteiger partial charge in [0.1, 0.15) is 0 Å². The molecule has 2 rings (SSSR count). The number of aliphatic hydroxyl groups is 1. The Morgan fingerprint density at radius 3 is 2.86 bits per heavy atom. The summed E-state index contributed by atoms with van der Waals surface area (Å²) in [5, 5.41) is 15.0. The number of hydrogen-bond acceptors (Lipinski definition) is 3. The van der Waals surface area contributed by atoms with Gasteiger partial charge in [-0.25, -0.2) is 9.18 Å². The Bertz CT molecular complexity index is 510. The average Bonchev–Trinajstić information content (AvgIpc) is 2.53. The number of aliphatic hydroxyl groups excluding tert-OH is 1. The second-order valence-corrected chi connectivity index (χ2v) is 5.63. The van der Waals surface area contributed by atoms with E-state index >= 15 is 0 Å². The first-order valence-electron chi connectivity index (χ1n) is 7.61. The number of ether oxygens (including phenoxy) is 1. The second-order valence-electron chi connectivity index (χ2n) is 5.63. The van der Waals surface area contributed by atoms with Crippen molar-refractivity contribution in [3.63, 3.8) is 0 Å². The Morgan fingerprint density at radius 1 is 1.41 bits per heavy atom. The molecular formula is C16H23FN2O3. The second kappa shape index (κ2) is 7.98. The van der Waals surface area contributed by atoms with Crippen molar-refractivity contribution in [3.8, 4) is 5.75 Å². The molecule has 2 unspecified atom stereocenters. The Kier molecular flexibility index (Phi) is 6.00. The molecule has 1 aliphatic rings. The maximum absolute atomic E-state index is 13.6. The van der Waals surface area contributed by atoms with Gasteiger partial charge < -0.3 is 20.5 Å². The van der Waals surface area contributed by atoms with Crippen LogP contribution >= 0.6 is 0 Å². The van der Waals surface area contributed by atoms with Crippen LogP contribution in [0, 0.1) is 11.7 Å². The van der Waals surface area contributed by atoms with Crippen molar-refractivity contribution in [1.82, 2.24) is 10.6 Å². The van der Waals surface area contributed by atoms with E-state index in [-0.39, 0.29) is 36.9 Å². The van der Waals surface area contributed by atoms with Gasteiger partial charge in [0.2, 0.25) is 0 Å². The number of urea groups is 1. The lowest BCUT2D eigenvalue weighted by atomic mass is 9.85. The summed E-state index contributed by atoms with van der Waals surface area (Å²) >= 11 is 0. The standard InChI is InChI=1S/C16H23FN2O3/c1-22-15-7-6-11(8-13(15)17)9-18-16(21)19-14-5-3-2-4-12(14)10-20/h6-8,12,14,20H,2-5,9-10H2,1H3,(H2,18,19,21). The van der Waals surface area contributed by atoms with Gasteiger partial charge in [0.15, 0.2) is 11.6 Å². The molecule has 0 heterocycles. The molecule has 0 bridgehead atoms. The van der Waals surface area contributed by atoms with E-state index in [1.54, 1.807) is 6.07 Å². The molecule has 0 spiro atoms. The summed E-state index contributed by atoms with van der Waals surface area (Å²) in [4.78, 5) is 11.9. The van der Waals surface area contributed by atoms with E-state index in [1.165, 1.54) is 19.2 Å². The van der Waals surface area contributed by atoms with Crippen LogP contribution in [0.2, 0.25) is 0 Å². The molecule has 1 aliphatic carbocycles. The topological polar surface area (TPSA) is 70.6 Å². The average molecular weight is 310 g/mol. The fraction of sp³-hybridized carbons (Fsp3) is 0.562. The Labute approximate surface area is 129 Å². The number of rotatable bonds is 5. The van der Waals surface area contributed by atoms with Gasteiger partial charge in [-0.3, -0.25) is 0 Å². The van der Waals surface area contributed by atoms with E-state index in [1.807, 2.05) is 0 Å². The van der Waals surface area contributed by atoms with Crippen LogP contribution in [-0.2, 0) is 6.54 Å². The predicted octanol–water partition coefficient (Wildman–Crippen LogP) is 2.18. The van der Waals surface area contributed by atoms with Crippen LogP contribution in [0.25, 0.3) is 0 Å². The Hall–Kier alpha value is -1.82. The van der Waals surface area contributed by atoms with Gasteiger partial charge in [-0.2, -0.15) is 0 Å². The lowest BCUT2D eigenvalue weighted by molar-refractivity contribution is 0.153. The van der Waals surface area contributed by atoms with E-state index in [9.17, 15) is 14.3 Å². The minimum Gasteiger partial charge on any atom is -0.494 e. The fourth-order valence-corrected chi connectivity index (χ4v) is 2.84. The van der Waals surface area contributed by atoms with Gasteiger partial charge >= 0.3 is 6.03 Å². The van der Waals surface area contributed by atoms with Crippen LogP contribution in [0.4, 0.5) is 9.18 Å². The van der Waals surface area contributed by atoms with E-state index in [4.69, 9.17) is 4.74 Å². The zero-order valence-corrected chi connectivity index (χ0v) is 12.8. The van der Waals surface area contributed by atoms with Crippen molar-refractivity contribution in [2.45, 2.75) is 38.3 Å². The number of carbonyl (C=O) groups excluding carboxylic acids is 1. The summed E-state index contributed by atoms with van der Waals surface area (Å²) in [6.07, 6.45) is 3.97. The first kappa shape index (κ1) is 16.5. The summed E-state index contributed by atoms with van der Waals surface area (Å²) in [5.74, 6) is -0.144. The maximum atomic E-state index is 13.6. The zero-order chi connectivity index (χ0) is 15.9. The molecule has 2 atom stereocenters. The molecular weight excluding hydrogens is 287 g/mol. The molecule has 1 fully saturated rings. The monoisotopic (exact) mass is 310 g/mol. The third-order valence-electron chi connectivity index (χ3n) is 4.13. The van der Waals surface area contributed by atoms with Crippen LogP contribution in [-0.4, -0.2) is 30.9 Å². The van der Waals surface area contributed by atoms with Crippen molar-refractivity contribution >= 4 is 6.03 Å². The lowest BCUT2D eigenvalue weighted by Gasteiger charge is -2.30. The molecule has 1 aromatic rings. The molecule has 122 valence electrons. The zero-order valence-electron chi connectivity index (χ0n) is 12.8. The van der Waals surface area contributed by atoms with Crippen LogP contribution in [0.3, 0.4) is 0 Å². The highest BCUT2D eigenvalue weighted by atomic mass is 19.1. The van der Waals surface area contributed by atoms with Crippen molar-refractivity contribution < 1.29 is 19.0 Å². The summed E-state index contributed by atoms with van der Waals surface area (Å²) in [6.45, 7) is 0.331. The number of amides is 2. The van der Waals surface area contributed by atoms with E-state index < -0.39 is 5.82 Å². The first-order valence-corrected chi connectivity index (χ1v) is 7.61. The summed E-state index contributed by atoms with van der Waals surface area (Å²) in [5.41, 5.74) is 0.663. The number of hydrogen-bond donors (Lipinski definition) is 3. The smallest absolute Gasteiger partial charge is 0.315 e. The van der Waals surface area contributed by atoms with E-state index in [0.717, 1.165) is 25.7 Å². The number of nitrogens with one attached hydrogen (secondary N) is 2.